The quantitative estimate of drug-likeness (QED) is 0.889. The molecule has 1 N–H and O–H groups in total. The Morgan fingerprint density at radius 2 is 1.89 bits per heavy atom. The van der Waals surface area contributed by atoms with Crippen LogP contribution < -0.4 is 10.1 Å². The van der Waals surface area contributed by atoms with Gasteiger partial charge >= 0.3 is 0 Å². The van der Waals surface area contributed by atoms with Crippen LogP contribution in [0.4, 0.5) is 0 Å². The van der Waals surface area contributed by atoms with Crippen LogP contribution in [0.3, 0.4) is 0 Å². The molecule has 2 aromatic carbocycles. The van der Waals surface area contributed by atoms with Crippen molar-refractivity contribution in [3.63, 3.8) is 0 Å². The first-order valence-electron chi connectivity index (χ1n) is 6.29. The Kier molecular flexibility index (Phi) is 4.46. The van der Waals surface area contributed by atoms with E-state index in [2.05, 4.69) is 18.3 Å². The molecule has 0 radical (unpaired) electrons. The highest BCUT2D eigenvalue weighted by atomic mass is 35.5. The molecule has 0 saturated carbocycles. The summed E-state index contributed by atoms with van der Waals surface area (Å²) >= 11 is 6.25. The third kappa shape index (κ3) is 3.28. The first kappa shape index (κ1) is 13.9. The Morgan fingerprint density at radius 1 is 1.11 bits per heavy atom. The predicted molar refractivity (Wildman–Crippen MR) is 80.2 cm³/mol. The maximum absolute atomic E-state index is 6.25. The molecule has 0 unspecified atom stereocenters. The Balaban J connectivity index is 2.26. The van der Waals surface area contributed by atoms with Gasteiger partial charge in [-0.2, -0.15) is 0 Å². The summed E-state index contributed by atoms with van der Waals surface area (Å²) < 4.78 is 5.90. The van der Waals surface area contributed by atoms with E-state index in [4.69, 9.17) is 16.3 Å². The minimum Gasteiger partial charge on any atom is -0.456 e. The number of hydrogen-bond acceptors (Lipinski definition) is 2. The minimum absolute atomic E-state index is 0.633. The van der Waals surface area contributed by atoms with E-state index < -0.39 is 0 Å². The molecule has 0 aliphatic heterocycles. The highest BCUT2D eigenvalue weighted by Crippen LogP contribution is 2.32. The molecule has 2 nitrogen and oxygen atoms in total. The van der Waals surface area contributed by atoms with Crippen molar-refractivity contribution in [2.45, 2.75) is 20.4 Å². The van der Waals surface area contributed by atoms with E-state index in [9.17, 15) is 0 Å². The molecule has 0 aliphatic carbocycles. The van der Waals surface area contributed by atoms with Crippen LogP contribution in [0.2, 0.25) is 5.02 Å². The van der Waals surface area contributed by atoms with Crippen LogP contribution in [-0.2, 0) is 6.54 Å². The summed E-state index contributed by atoms with van der Waals surface area (Å²) in [4.78, 5) is 0. The van der Waals surface area contributed by atoms with Crippen molar-refractivity contribution in [1.29, 1.82) is 0 Å². The molecule has 0 heterocycles. The van der Waals surface area contributed by atoms with Gasteiger partial charge in [0.2, 0.25) is 0 Å². The Bertz CT molecular complexity index is 581. The topological polar surface area (TPSA) is 21.3 Å². The highest BCUT2D eigenvalue weighted by molar-refractivity contribution is 6.32. The maximum Gasteiger partial charge on any atom is 0.146 e. The highest BCUT2D eigenvalue weighted by Gasteiger charge is 2.07. The van der Waals surface area contributed by atoms with Crippen molar-refractivity contribution in [3.8, 4) is 11.5 Å². The van der Waals surface area contributed by atoms with Crippen LogP contribution in [-0.4, -0.2) is 7.05 Å². The van der Waals surface area contributed by atoms with E-state index >= 15 is 0 Å². The van der Waals surface area contributed by atoms with E-state index in [0.29, 0.717) is 10.8 Å². The third-order valence-electron chi connectivity index (χ3n) is 3.15. The average molecular weight is 276 g/mol. The summed E-state index contributed by atoms with van der Waals surface area (Å²) in [7, 11) is 1.91. The van der Waals surface area contributed by atoms with Crippen LogP contribution in [0.1, 0.15) is 16.7 Å². The molecular weight excluding hydrogens is 258 g/mol. The molecule has 0 saturated heterocycles. The van der Waals surface area contributed by atoms with Gasteiger partial charge < -0.3 is 10.1 Å². The van der Waals surface area contributed by atoms with Crippen molar-refractivity contribution < 1.29 is 4.74 Å². The van der Waals surface area contributed by atoms with E-state index in [0.717, 1.165) is 23.4 Å². The van der Waals surface area contributed by atoms with E-state index in [1.165, 1.54) is 5.56 Å². The Hall–Kier alpha value is -1.51. The number of nitrogens with one attached hydrogen (secondary N) is 1. The Labute approximate surface area is 119 Å². The van der Waals surface area contributed by atoms with Crippen molar-refractivity contribution in [1.82, 2.24) is 5.32 Å². The fourth-order valence-corrected chi connectivity index (χ4v) is 2.14. The van der Waals surface area contributed by atoms with Gasteiger partial charge in [-0.3, -0.25) is 0 Å². The zero-order valence-electron chi connectivity index (χ0n) is 11.5. The molecule has 3 heteroatoms. The van der Waals surface area contributed by atoms with Crippen LogP contribution in [0.5, 0.6) is 11.5 Å². The minimum atomic E-state index is 0.633. The molecular formula is C16H18ClNO. The summed E-state index contributed by atoms with van der Waals surface area (Å²) in [5.74, 6) is 1.54. The standard InChI is InChI=1S/C16H18ClNO/c1-11-5-4-6-15(12(11)2)19-16-8-7-13(10-18-3)9-14(16)17/h4-9,18H,10H2,1-3H3. The lowest BCUT2D eigenvalue weighted by atomic mass is 10.1. The molecule has 0 bridgehead atoms. The van der Waals surface area contributed by atoms with Crippen molar-refractivity contribution in [3.05, 3.63) is 58.1 Å². The SMILES string of the molecule is CNCc1ccc(Oc2cccc(C)c2C)c(Cl)c1. The molecule has 0 spiro atoms. The molecule has 19 heavy (non-hydrogen) atoms. The lowest BCUT2D eigenvalue weighted by molar-refractivity contribution is 0.478. The fourth-order valence-electron chi connectivity index (χ4n) is 1.89. The van der Waals surface area contributed by atoms with Gasteiger partial charge in [0.1, 0.15) is 11.5 Å². The number of aryl methyl sites for hydroxylation is 1. The van der Waals surface area contributed by atoms with Gasteiger partial charge in [-0.05, 0) is 55.8 Å². The first-order chi connectivity index (χ1) is 9.11. The second-order valence-corrected chi connectivity index (χ2v) is 5.00. The largest absolute Gasteiger partial charge is 0.456 e. The average Bonchev–Trinajstić information content (AvgIpc) is 2.38. The van der Waals surface area contributed by atoms with Crippen molar-refractivity contribution >= 4 is 11.6 Å². The van der Waals surface area contributed by atoms with Gasteiger partial charge in [-0.25, -0.2) is 0 Å². The summed E-state index contributed by atoms with van der Waals surface area (Å²) in [6, 6.07) is 11.9. The monoisotopic (exact) mass is 275 g/mol. The lowest BCUT2D eigenvalue weighted by Gasteiger charge is -2.12. The fraction of sp³-hybridized carbons (Fsp3) is 0.250. The van der Waals surface area contributed by atoms with Crippen LogP contribution in [0.15, 0.2) is 36.4 Å². The number of rotatable bonds is 4. The zero-order chi connectivity index (χ0) is 13.8. The summed E-state index contributed by atoms with van der Waals surface area (Å²) in [5, 5.41) is 3.73. The molecule has 0 aromatic heterocycles. The van der Waals surface area contributed by atoms with E-state index in [1.54, 1.807) is 0 Å². The lowest BCUT2D eigenvalue weighted by Crippen LogP contribution is -2.04. The number of halogens is 1. The molecule has 0 fully saturated rings. The molecule has 2 rings (SSSR count). The van der Waals surface area contributed by atoms with Crippen molar-refractivity contribution in [2.75, 3.05) is 7.05 Å². The summed E-state index contributed by atoms with van der Waals surface area (Å²) in [6.45, 7) is 4.91. The smallest absolute Gasteiger partial charge is 0.146 e. The van der Waals surface area contributed by atoms with Gasteiger partial charge in [0, 0.05) is 6.54 Å². The molecule has 100 valence electrons. The molecule has 0 atom stereocenters. The van der Waals surface area contributed by atoms with Crippen LogP contribution >= 0.6 is 11.6 Å². The number of hydrogen-bond donors (Lipinski definition) is 1. The maximum atomic E-state index is 6.25. The number of benzene rings is 2. The predicted octanol–water partition coefficient (Wildman–Crippen LogP) is 4.47. The molecule has 0 amide bonds. The third-order valence-corrected chi connectivity index (χ3v) is 3.45. The van der Waals surface area contributed by atoms with Gasteiger partial charge in [0.05, 0.1) is 5.02 Å². The summed E-state index contributed by atoms with van der Waals surface area (Å²) in [6.07, 6.45) is 0. The van der Waals surface area contributed by atoms with Gasteiger partial charge in [0.25, 0.3) is 0 Å². The zero-order valence-corrected chi connectivity index (χ0v) is 12.2. The van der Waals surface area contributed by atoms with Crippen molar-refractivity contribution in [2.24, 2.45) is 0 Å². The van der Waals surface area contributed by atoms with Crippen LogP contribution in [0.25, 0.3) is 0 Å². The molecule has 2 aromatic rings. The second-order valence-electron chi connectivity index (χ2n) is 4.60. The van der Waals surface area contributed by atoms with Gasteiger partial charge in [0.15, 0.2) is 0 Å². The van der Waals surface area contributed by atoms with Gasteiger partial charge in [-0.15, -0.1) is 0 Å². The molecule has 0 aliphatic rings. The Morgan fingerprint density at radius 3 is 2.58 bits per heavy atom. The second kappa shape index (κ2) is 6.09. The van der Waals surface area contributed by atoms with E-state index in [1.807, 2.05) is 44.3 Å². The summed E-state index contributed by atoms with van der Waals surface area (Å²) in [5.41, 5.74) is 3.49. The number of ether oxygens (including phenoxy) is 1. The van der Waals surface area contributed by atoms with E-state index in [-0.39, 0.29) is 0 Å². The van der Waals surface area contributed by atoms with Gasteiger partial charge in [-0.1, -0.05) is 29.8 Å². The normalized spacial score (nSPS) is 10.5. The van der Waals surface area contributed by atoms with Crippen LogP contribution in [0, 0.1) is 13.8 Å². The first-order valence-corrected chi connectivity index (χ1v) is 6.66.